The number of aromatic nitrogens is 2. The number of nitrogens with two attached hydrogens (primary N) is 1. The maximum Gasteiger partial charge on any atom is 0.106 e. The standard InChI is InChI=1S/C25H32N4/c1-17-27-23-9-5-6-10-24(23)29(17)22-13-20-11-12-21(14-22)28(20)16-19-15-25(19,26)18-7-3-2-4-8-18/h2-7,9-10,18-22H,8,11-16,26H2,1H3/t18?,19-,20-,21+,22?,25+/m0/s1. The SMILES string of the molecule is Cc1nc2ccccc2n1C1C[C@H]2CC[C@@H](C1)N2C[C@@H]1C[C@@]1(N)C1C=CC=CC1. The Morgan fingerprint density at radius 2 is 1.90 bits per heavy atom. The van der Waals surface area contributed by atoms with Crippen LogP contribution in [0.4, 0.5) is 0 Å². The third-order valence-electron chi connectivity index (χ3n) is 8.30. The Kier molecular flexibility index (Phi) is 4.04. The summed E-state index contributed by atoms with van der Waals surface area (Å²) >= 11 is 0. The Balaban J connectivity index is 1.18. The molecule has 0 amide bonds. The lowest BCUT2D eigenvalue weighted by Gasteiger charge is -2.40. The van der Waals surface area contributed by atoms with Crippen LogP contribution in [0.5, 0.6) is 0 Å². The average Bonchev–Trinajstić information content (AvgIpc) is 3.18. The molecule has 0 radical (unpaired) electrons. The van der Waals surface area contributed by atoms with Crippen LogP contribution in [0.15, 0.2) is 48.6 Å². The normalized spacial score (nSPS) is 38.8. The van der Waals surface area contributed by atoms with E-state index in [1.807, 2.05) is 0 Å². The molecule has 6 atom stereocenters. The van der Waals surface area contributed by atoms with E-state index >= 15 is 0 Å². The summed E-state index contributed by atoms with van der Waals surface area (Å²) in [4.78, 5) is 7.67. The summed E-state index contributed by atoms with van der Waals surface area (Å²) < 4.78 is 2.53. The Bertz CT molecular complexity index is 974. The van der Waals surface area contributed by atoms with Crippen molar-refractivity contribution in [2.24, 2.45) is 17.6 Å². The van der Waals surface area contributed by atoms with Gasteiger partial charge in [0.15, 0.2) is 0 Å². The van der Waals surface area contributed by atoms with E-state index in [4.69, 9.17) is 10.7 Å². The van der Waals surface area contributed by atoms with Gasteiger partial charge >= 0.3 is 0 Å². The number of hydrogen-bond acceptors (Lipinski definition) is 3. The molecule has 3 fully saturated rings. The number of fused-ring (bicyclic) bond motifs is 3. The zero-order valence-corrected chi connectivity index (χ0v) is 17.4. The molecule has 2 bridgehead atoms. The van der Waals surface area contributed by atoms with E-state index in [9.17, 15) is 0 Å². The first-order valence-corrected chi connectivity index (χ1v) is 11.4. The van der Waals surface area contributed by atoms with Gasteiger partial charge in [-0.05, 0) is 69.4 Å². The minimum atomic E-state index is 0.0364. The van der Waals surface area contributed by atoms with Crippen LogP contribution < -0.4 is 5.73 Å². The lowest BCUT2D eigenvalue weighted by molar-refractivity contribution is 0.0985. The fraction of sp³-hybridized carbons (Fsp3) is 0.560. The molecule has 4 heteroatoms. The highest BCUT2D eigenvalue weighted by Crippen LogP contribution is 2.52. The first-order valence-electron chi connectivity index (χ1n) is 11.4. The summed E-state index contributed by atoms with van der Waals surface area (Å²) in [6, 6.07) is 10.6. The van der Waals surface area contributed by atoms with E-state index in [-0.39, 0.29) is 5.54 Å². The minimum absolute atomic E-state index is 0.0364. The van der Waals surface area contributed by atoms with E-state index in [0.717, 1.165) is 11.9 Å². The monoisotopic (exact) mass is 388 g/mol. The van der Waals surface area contributed by atoms with Crippen LogP contribution in [-0.4, -0.2) is 38.6 Å². The van der Waals surface area contributed by atoms with Gasteiger partial charge < -0.3 is 10.3 Å². The maximum absolute atomic E-state index is 6.86. The van der Waals surface area contributed by atoms with Crippen molar-refractivity contribution in [1.82, 2.24) is 14.5 Å². The largest absolute Gasteiger partial charge is 0.325 e. The maximum atomic E-state index is 6.86. The van der Waals surface area contributed by atoms with Crippen molar-refractivity contribution in [3.63, 3.8) is 0 Å². The summed E-state index contributed by atoms with van der Waals surface area (Å²) in [5.74, 6) is 2.37. The molecule has 2 saturated heterocycles. The number of allylic oxidation sites excluding steroid dienone is 3. The van der Waals surface area contributed by atoms with Gasteiger partial charge in [0.2, 0.25) is 0 Å². The molecule has 152 valence electrons. The molecule has 1 aromatic carbocycles. The van der Waals surface area contributed by atoms with Crippen molar-refractivity contribution in [1.29, 1.82) is 0 Å². The lowest BCUT2D eigenvalue weighted by atomic mass is 9.89. The van der Waals surface area contributed by atoms with E-state index in [1.54, 1.807) is 0 Å². The van der Waals surface area contributed by atoms with Gasteiger partial charge in [0.1, 0.15) is 5.82 Å². The zero-order valence-electron chi connectivity index (χ0n) is 17.4. The number of rotatable bonds is 4. The van der Waals surface area contributed by atoms with Gasteiger partial charge in [-0.2, -0.15) is 0 Å². The van der Waals surface area contributed by atoms with Crippen molar-refractivity contribution < 1.29 is 0 Å². The van der Waals surface area contributed by atoms with Crippen LogP contribution in [0.2, 0.25) is 0 Å². The molecule has 2 aromatic rings. The van der Waals surface area contributed by atoms with Crippen molar-refractivity contribution in [3.05, 3.63) is 54.4 Å². The fourth-order valence-corrected chi connectivity index (χ4v) is 6.67. The van der Waals surface area contributed by atoms with Crippen LogP contribution in [0, 0.1) is 18.8 Å². The molecule has 2 N–H and O–H groups in total. The molecule has 2 unspecified atom stereocenters. The van der Waals surface area contributed by atoms with Crippen LogP contribution in [-0.2, 0) is 0 Å². The highest BCUT2D eigenvalue weighted by Gasteiger charge is 2.56. The van der Waals surface area contributed by atoms with Gasteiger partial charge in [-0.25, -0.2) is 4.98 Å². The number of hydrogen-bond donors (Lipinski definition) is 1. The first kappa shape index (κ1) is 17.9. The molecule has 1 saturated carbocycles. The molecule has 29 heavy (non-hydrogen) atoms. The van der Waals surface area contributed by atoms with Crippen LogP contribution >= 0.6 is 0 Å². The highest BCUT2D eigenvalue weighted by molar-refractivity contribution is 5.76. The molecule has 4 aliphatic rings. The molecule has 2 aliphatic carbocycles. The van der Waals surface area contributed by atoms with Crippen molar-refractivity contribution in [3.8, 4) is 0 Å². The Morgan fingerprint density at radius 1 is 1.10 bits per heavy atom. The third-order valence-corrected chi connectivity index (χ3v) is 8.30. The molecule has 4 nitrogen and oxygen atoms in total. The number of para-hydroxylation sites is 2. The quantitative estimate of drug-likeness (QED) is 0.846. The molecule has 2 aliphatic heterocycles. The lowest BCUT2D eigenvalue weighted by Crippen LogP contribution is -2.46. The summed E-state index contributed by atoms with van der Waals surface area (Å²) in [6.45, 7) is 3.38. The predicted octanol–water partition coefficient (Wildman–Crippen LogP) is 4.36. The minimum Gasteiger partial charge on any atom is -0.325 e. The van der Waals surface area contributed by atoms with Gasteiger partial charge in [0.25, 0.3) is 0 Å². The van der Waals surface area contributed by atoms with Gasteiger partial charge in [-0.3, -0.25) is 4.90 Å². The second-order valence-electron chi connectivity index (χ2n) is 9.89. The van der Waals surface area contributed by atoms with E-state index in [0.29, 0.717) is 30.0 Å². The smallest absolute Gasteiger partial charge is 0.106 e. The Morgan fingerprint density at radius 3 is 2.66 bits per heavy atom. The Labute approximate surface area is 173 Å². The average molecular weight is 389 g/mol. The summed E-state index contributed by atoms with van der Waals surface area (Å²) in [5, 5.41) is 0. The van der Waals surface area contributed by atoms with Gasteiger partial charge in [0.05, 0.1) is 11.0 Å². The number of nitrogens with zero attached hydrogens (tertiary/aromatic N) is 3. The molecule has 0 spiro atoms. The van der Waals surface area contributed by atoms with E-state index < -0.39 is 0 Å². The summed E-state index contributed by atoms with van der Waals surface area (Å²) in [5.41, 5.74) is 9.34. The Hall–Kier alpha value is -1.91. The fourth-order valence-electron chi connectivity index (χ4n) is 6.67. The second kappa shape index (κ2) is 6.55. The van der Waals surface area contributed by atoms with Crippen molar-refractivity contribution in [2.75, 3.05) is 6.54 Å². The molecule has 1 aromatic heterocycles. The number of imidazole rings is 1. The van der Waals surface area contributed by atoms with Crippen molar-refractivity contribution in [2.45, 2.75) is 69.1 Å². The third kappa shape index (κ3) is 2.83. The van der Waals surface area contributed by atoms with Crippen LogP contribution in [0.1, 0.15) is 50.4 Å². The molecule has 6 rings (SSSR count). The van der Waals surface area contributed by atoms with Crippen molar-refractivity contribution >= 4 is 11.0 Å². The van der Waals surface area contributed by atoms with Gasteiger partial charge in [0, 0.05) is 30.2 Å². The first-order chi connectivity index (χ1) is 14.1. The molecule has 3 heterocycles. The topological polar surface area (TPSA) is 47.1 Å². The number of piperidine rings is 1. The van der Waals surface area contributed by atoms with Gasteiger partial charge in [-0.15, -0.1) is 0 Å². The summed E-state index contributed by atoms with van der Waals surface area (Å²) in [6.07, 6.45) is 16.5. The highest BCUT2D eigenvalue weighted by atomic mass is 15.3. The van der Waals surface area contributed by atoms with E-state index in [1.165, 1.54) is 50.0 Å². The zero-order chi connectivity index (χ0) is 19.6. The van der Waals surface area contributed by atoms with Crippen LogP contribution in [0.25, 0.3) is 11.0 Å². The predicted molar refractivity (Wildman–Crippen MR) is 118 cm³/mol. The van der Waals surface area contributed by atoms with Crippen LogP contribution in [0.3, 0.4) is 0 Å². The summed E-state index contributed by atoms with van der Waals surface area (Å²) in [7, 11) is 0. The number of aryl methyl sites for hydroxylation is 1. The second-order valence-corrected chi connectivity index (χ2v) is 9.89. The molecular weight excluding hydrogens is 356 g/mol. The van der Waals surface area contributed by atoms with E-state index in [2.05, 4.69) is 65.0 Å². The molecular formula is C25H32N4. The number of benzene rings is 1. The van der Waals surface area contributed by atoms with Gasteiger partial charge in [-0.1, -0.05) is 36.4 Å².